The summed E-state index contributed by atoms with van der Waals surface area (Å²) in [6, 6.07) is 17.9. The summed E-state index contributed by atoms with van der Waals surface area (Å²) in [6.07, 6.45) is 1.25. The standard InChI is InChI=1S/C18H15N3O2/c1-22-15-11-19-16-13-9-5-6-10-14(13)20-17(23-18(16)21-15)12-7-3-2-4-8-12/h2-11,17,20H,1H3. The zero-order chi connectivity index (χ0) is 15.6. The third kappa shape index (κ3) is 2.46. The van der Waals surface area contributed by atoms with Crippen molar-refractivity contribution in [2.24, 2.45) is 0 Å². The van der Waals surface area contributed by atoms with Gasteiger partial charge < -0.3 is 14.8 Å². The Balaban J connectivity index is 1.87. The maximum atomic E-state index is 6.10. The van der Waals surface area contributed by atoms with E-state index in [0.29, 0.717) is 17.5 Å². The summed E-state index contributed by atoms with van der Waals surface area (Å²) in [5, 5.41) is 3.42. The molecule has 23 heavy (non-hydrogen) atoms. The second kappa shape index (κ2) is 5.61. The van der Waals surface area contributed by atoms with Crippen LogP contribution in [-0.4, -0.2) is 17.1 Å². The summed E-state index contributed by atoms with van der Waals surface area (Å²) >= 11 is 0. The number of benzene rings is 2. The molecule has 3 aromatic rings. The van der Waals surface area contributed by atoms with Gasteiger partial charge in [0.1, 0.15) is 5.69 Å². The fourth-order valence-electron chi connectivity index (χ4n) is 2.60. The van der Waals surface area contributed by atoms with Crippen molar-refractivity contribution in [3.8, 4) is 23.0 Å². The zero-order valence-electron chi connectivity index (χ0n) is 12.6. The Kier molecular flexibility index (Phi) is 3.31. The van der Waals surface area contributed by atoms with Crippen molar-refractivity contribution >= 4 is 5.69 Å². The fraction of sp³-hybridized carbons (Fsp3) is 0.111. The van der Waals surface area contributed by atoms with Crippen molar-refractivity contribution < 1.29 is 9.47 Å². The summed E-state index contributed by atoms with van der Waals surface area (Å²) in [4.78, 5) is 8.89. The van der Waals surface area contributed by atoms with Crippen LogP contribution in [0.1, 0.15) is 11.8 Å². The van der Waals surface area contributed by atoms with Gasteiger partial charge in [0.05, 0.1) is 13.3 Å². The van der Waals surface area contributed by atoms with E-state index >= 15 is 0 Å². The van der Waals surface area contributed by atoms with Crippen molar-refractivity contribution in [3.05, 3.63) is 66.4 Å². The van der Waals surface area contributed by atoms with Gasteiger partial charge in [-0.2, -0.15) is 4.98 Å². The number of hydrogen-bond acceptors (Lipinski definition) is 5. The molecule has 2 aromatic carbocycles. The molecular formula is C18H15N3O2. The van der Waals surface area contributed by atoms with Crippen LogP contribution in [0.15, 0.2) is 60.8 Å². The van der Waals surface area contributed by atoms with Crippen LogP contribution in [0, 0.1) is 0 Å². The van der Waals surface area contributed by atoms with Crippen LogP contribution in [0.5, 0.6) is 11.8 Å². The third-order valence-corrected chi connectivity index (χ3v) is 3.73. The number of fused-ring (bicyclic) bond motifs is 3. The second-order valence-electron chi connectivity index (χ2n) is 5.16. The quantitative estimate of drug-likeness (QED) is 0.783. The first-order valence-corrected chi connectivity index (χ1v) is 7.34. The lowest BCUT2D eigenvalue weighted by atomic mass is 10.1. The number of hydrogen-bond donors (Lipinski definition) is 1. The summed E-state index contributed by atoms with van der Waals surface area (Å²) in [5.41, 5.74) is 3.63. The molecule has 1 unspecified atom stereocenters. The third-order valence-electron chi connectivity index (χ3n) is 3.73. The van der Waals surface area contributed by atoms with Crippen LogP contribution in [0.3, 0.4) is 0 Å². The van der Waals surface area contributed by atoms with Gasteiger partial charge >= 0.3 is 0 Å². The van der Waals surface area contributed by atoms with Gasteiger partial charge in [-0.3, -0.25) is 0 Å². The minimum Gasteiger partial charge on any atom is -0.480 e. The predicted octanol–water partition coefficient (Wildman–Crippen LogP) is 3.66. The van der Waals surface area contributed by atoms with Gasteiger partial charge in [0.2, 0.25) is 11.8 Å². The van der Waals surface area contributed by atoms with Gasteiger partial charge in [-0.1, -0.05) is 48.5 Å². The van der Waals surface area contributed by atoms with E-state index in [1.165, 1.54) is 0 Å². The van der Waals surface area contributed by atoms with E-state index in [2.05, 4.69) is 15.3 Å². The summed E-state index contributed by atoms with van der Waals surface area (Å²) in [5.74, 6) is 0.880. The summed E-state index contributed by atoms with van der Waals surface area (Å²) < 4.78 is 11.3. The van der Waals surface area contributed by atoms with Gasteiger partial charge in [0.15, 0.2) is 6.23 Å². The average molecular weight is 305 g/mol. The maximum Gasteiger partial charge on any atom is 0.246 e. The second-order valence-corrected chi connectivity index (χ2v) is 5.16. The van der Waals surface area contributed by atoms with Gasteiger partial charge in [0.25, 0.3) is 0 Å². The molecule has 114 valence electrons. The maximum absolute atomic E-state index is 6.10. The van der Waals surface area contributed by atoms with Crippen molar-refractivity contribution in [2.75, 3.05) is 12.4 Å². The lowest BCUT2D eigenvalue weighted by molar-refractivity contribution is 0.225. The molecule has 1 aromatic heterocycles. The van der Waals surface area contributed by atoms with Gasteiger partial charge in [-0.05, 0) is 6.07 Å². The van der Waals surface area contributed by atoms with Crippen LogP contribution < -0.4 is 14.8 Å². The molecule has 1 atom stereocenters. The molecule has 5 nitrogen and oxygen atoms in total. The smallest absolute Gasteiger partial charge is 0.246 e. The Labute approximate surface area is 133 Å². The molecule has 0 radical (unpaired) electrons. The Bertz CT molecular complexity index is 837. The van der Waals surface area contributed by atoms with E-state index in [-0.39, 0.29) is 6.23 Å². The molecule has 0 fully saturated rings. The highest BCUT2D eigenvalue weighted by Crippen LogP contribution is 2.39. The minimum atomic E-state index is -0.347. The highest BCUT2D eigenvalue weighted by molar-refractivity contribution is 5.79. The van der Waals surface area contributed by atoms with E-state index in [0.717, 1.165) is 16.8 Å². The number of rotatable bonds is 2. The molecule has 2 heterocycles. The number of methoxy groups -OCH3 is 1. The molecule has 0 bridgehead atoms. The summed E-state index contributed by atoms with van der Waals surface area (Å²) in [6.45, 7) is 0. The average Bonchev–Trinajstić information content (AvgIpc) is 2.78. The molecule has 1 aliphatic heterocycles. The topological polar surface area (TPSA) is 56.3 Å². The van der Waals surface area contributed by atoms with Gasteiger partial charge in [-0.15, -0.1) is 0 Å². The molecule has 0 saturated heterocycles. The molecule has 0 saturated carbocycles. The SMILES string of the molecule is COc1cnc2c(n1)OC(c1ccccc1)Nc1ccccc1-2. The summed E-state index contributed by atoms with van der Waals surface area (Å²) in [7, 11) is 1.56. The van der Waals surface area contributed by atoms with Crippen molar-refractivity contribution in [3.63, 3.8) is 0 Å². The fourth-order valence-corrected chi connectivity index (χ4v) is 2.60. The van der Waals surface area contributed by atoms with Crippen LogP contribution >= 0.6 is 0 Å². The van der Waals surface area contributed by atoms with Crippen LogP contribution in [-0.2, 0) is 0 Å². The Morgan fingerprint density at radius 3 is 2.65 bits per heavy atom. The zero-order valence-corrected chi connectivity index (χ0v) is 12.6. The molecule has 0 spiro atoms. The molecule has 1 aliphatic rings. The van der Waals surface area contributed by atoms with Crippen LogP contribution in [0.2, 0.25) is 0 Å². The number of nitrogens with zero attached hydrogens (tertiary/aromatic N) is 2. The first-order chi connectivity index (χ1) is 11.3. The molecule has 0 aliphatic carbocycles. The Hall–Kier alpha value is -3.08. The lowest BCUT2D eigenvalue weighted by Crippen LogP contribution is -2.16. The van der Waals surface area contributed by atoms with Crippen molar-refractivity contribution in [1.82, 2.24) is 9.97 Å². The number of nitrogens with one attached hydrogen (secondary N) is 1. The molecule has 1 N–H and O–H groups in total. The van der Waals surface area contributed by atoms with E-state index < -0.39 is 0 Å². The highest BCUT2D eigenvalue weighted by Gasteiger charge is 2.25. The van der Waals surface area contributed by atoms with E-state index in [9.17, 15) is 0 Å². The number of anilines is 1. The van der Waals surface area contributed by atoms with Crippen LogP contribution in [0.4, 0.5) is 5.69 Å². The molecule has 0 amide bonds. The van der Waals surface area contributed by atoms with E-state index in [1.807, 2.05) is 54.6 Å². The van der Waals surface area contributed by atoms with Crippen LogP contribution in [0.25, 0.3) is 11.3 Å². The normalized spacial score (nSPS) is 15.4. The van der Waals surface area contributed by atoms with Crippen molar-refractivity contribution in [2.45, 2.75) is 6.23 Å². The minimum absolute atomic E-state index is 0.347. The van der Waals surface area contributed by atoms with E-state index in [4.69, 9.17) is 9.47 Å². The molecule has 5 heteroatoms. The number of aromatic nitrogens is 2. The monoisotopic (exact) mass is 305 g/mol. The van der Waals surface area contributed by atoms with Gasteiger partial charge in [0, 0.05) is 16.8 Å². The largest absolute Gasteiger partial charge is 0.480 e. The lowest BCUT2D eigenvalue weighted by Gasteiger charge is -2.19. The first kappa shape index (κ1) is 13.6. The highest BCUT2D eigenvalue weighted by atomic mass is 16.5. The number of ether oxygens (including phenoxy) is 2. The predicted molar refractivity (Wildman–Crippen MR) is 87.5 cm³/mol. The van der Waals surface area contributed by atoms with E-state index in [1.54, 1.807) is 13.3 Å². The van der Waals surface area contributed by atoms with Gasteiger partial charge in [-0.25, -0.2) is 4.98 Å². The van der Waals surface area contributed by atoms with Crippen molar-refractivity contribution in [1.29, 1.82) is 0 Å². The Morgan fingerprint density at radius 2 is 1.83 bits per heavy atom. The first-order valence-electron chi connectivity index (χ1n) is 7.34. The molecular weight excluding hydrogens is 290 g/mol. The number of para-hydroxylation sites is 1. The Morgan fingerprint density at radius 1 is 1.04 bits per heavy atom. The molecule has 4 rings (SSSR count).